The fourth-order valence-electron chi connectivity index (χ4n) is 4.94. The molecule has 0 heterocycles. The van der Waals surface area contributed by atoms with Crippen molar-refractivity contribution >= 4 is 0 Å². The average molecular weight is 505 g/mol. The third kappa shape index (κ3) is 5.13. The number of phenols is 4. The van der Waals surface area contributed by atoms with Gasteiger partial charge < -0.3 is 25.2 Å². The van der Waals surface area contributed by atoms with Crippen molar-refractivity contribution in [2.24, 2.45) is 0 Å². The first-order valence-corrected chi connectivity index (χ1v) is 12.3. The van der Waals surface area contributed by atoms with Crippen LogP contribution in [0.5, 0.6) is 28.7 Å². The molecule has 0 bridgehead atoms. The van der Waals surface area contributed by atoms with Gasteiger partial charge in [0.05, 0.1) is 7.11 Å². The van der Waals surface area contributed by atoms with Crippen molar-refractivity contribution in [2.75, 3.05) is 7.11 Å². The molecule has 0 saturated heterocycles. The lowest BCUT2D eigenvalue weighted by molar-refractivity contribution is 0.408. The lowest BCUT2D eigenvalue weighted by atomic mass is 9.81. The van der Waals surface area contributed by atoms with Gasteiger partial charge in [0.15, 0.2) is 0 Å². The van der Waals surface area contributed by atoms with Crippen molar-refractivity contribution < 1.29 is 25.2 Å². The molecule has 4 N–H and O–H groups in total. The quantitative estimate of drug-likeness (QED) is 0.182. The van der Waals surface area contributed by atoms with Gasteiger partial charge in [-0.3, -0.25) is 0 Å². The van der Waals surface area contributed by atoms with E-state index in [9.17, 15) is 20.4 Å². The van der Waals surface area contributed by atoms with Crippen molar-refractivity contribution in [2.45, 2.75) is 11.8 Å². The van der Waals surface area contributed by atoms with Crippen molar-refractivity contribution in [1.82, 2.24) is 0 Å². The molecule has 5 aromatic rings. The maximum absolute atomic E-state index is 9.88. The number of rotatable bonds is 7. The molecule has 5 aromatic carbocycles. The zero-order valence-electron chi connectivity index (χ0n) is 20.8. The Bertz CT molecular complexity index is 1420. The molecule has 0 spiro atoms. The second-order valence-electron chi connectivity index (χ2n) is 9.23. The lowest BCUT2D eigenvalue weighted by Gasteiger charge is -2.24. The molecule has 190 valence electrons. The van der Waals surface area contributed by atoms with Gasteiger partial charge in [-0.2, -0.15) is 0 Å². The summed E-state index contributed by atoms with van der Waals surface area (Å²) in [4.78, 5) is 0. The zero-order valence-corrected chi connectivity index (χ0v) is 20.8. The maximum atomic E-state index is 9.88. The van der Waals surface area contributed by atoms with Gasteiger partial charge in [0.2, 0.25) is 0 Å². The predicted molar refractivity (Wildman–Crippen MR) is 147 cm³/mol. The Morgan fingerprint density at radius 1 is 0.421 bits per heavy atom. The number of hydrogen-bond donors (Lipinski definition) is 4. The van der Waals surface area contributed by atoms with E-state index in [1.54, 1.807) is 55.6 Å². The summed E-state index contributed by atoms with van der Waals surface area (Å²) >= 11 is 0. The molecular weight excluding hydrogens is 476 g/mol. The van der Waals surface area contributed by atoms with E-state index in [-0.39, 0.29) is 34.8 Å². The second-order valence-corrected chi connectivity index (χ2v) is 9.23. The third-order valence-electron chi connectivity index (χ3n) is 6.81. The summed E-state index contributed by atoms with van der Waals surface area (Å²) < 4.78 is 5.94. The molecule has 38 heavy (non-hydrogen) atoms. The highest BCUT2D eigenvalue weighted by atomic mass is 16.5. The van der Waals surface area contributed by atoms with Crippen LogP contribution in [0.2, 0.25) is 0 Å². The highest BCUT2D eigenvalue weighted by Crippen LogP contribution is 2.41. The van der Waals surface area contributed by atoms with Crippen LogP contribution in [0.4, 0.5) is 0 Å². The molecule has 0 fully saturated rings. The number of methoxy groups -OCH3 is 1. The van der Waals surface area contributed by atoms with Crippen molar-refractivity contribution in [3.05, 3.63) is 149 Å². The molecule has 0 radical (unpaired) electrons. The Balaban J connectivity index is 1.65. The minimum absolute atomic E-state index is 0.167. The molecule has 0 unspecified atom stereocenters. The first-order valence-electron chi connectivity index (χ1n) is 12.3. The van der Waals surface area contributed by atoms with E-state index in [4.69, 9.17) is 4.74 Å². The van der Waals surface area contributed by atoms with E-state index in [2.05, 4.69) is 6.07 Å². The topological polar surface area (TPSA) is 90.2 Å². The van der Waals surface area contributed by atoms with Crippen LogP contribution in [0.1, 0.15) is 45.2 Å². The Labute approximate surface area is 221 Å². The summed E-state index contributed by atoms with van der Waals surface area (Å²) in [5.41, 5.74) is 5.81. The first-order chi connectivity index (χ1) is 18.4. The van der Waals surface area contributed by atoms with E-state index < -0.39 is 0 Å². The van der Waals surface area contributed by atoms with Gasteiger partial charge in [0.1, 0.15) is 28.7 Å². The fourth-order valence-corrected chi connectivity index (χ4v) is 4.94. The van der Waals surface area contributed by atoms with Gasteiger partial charge in [-0.1, -0.05) is 60.7 Å². The Morgan fingerprint density at radius 3 is 1.08 bits per heavy atom. The predicted octanol–water partition coefficient (Wildman–Crippen LogP) is 6.88. The summed E-state index contributed by atoms with van der Waals surface area (Å²) in [6.07, 6.45) is 0. The van der Waals surface area contributed by atoms with Crippen LogP contribution < -0.4 is 4.74 Å². The summed E-state index contributed by atoms with van der Waals surface area (Å²) in [5.74, 6) is 1.07. The number of phenolic OH excluding ortho intramolecular Hbond substituents is 4. The molecule has 0 saturated carbocycles. The highest BCUT2D eigenvalue weighted by Gasteiger charge is 2.24. The van der Waals surface area contributed by atoms with Gasteiger partial charge >= 0.3 is 0 Å². The lowest BCUT2D eigenvalue weighted by Crippen LogP contribution is -2.08. The summed E-state index contributed by atoms with van der Waals surface area (Å²) in [5, 5.41) is 39.5. The van der Waals surface area contributed by atoms with Crippen LogP contribution in [0.15, 0.2) is 115 Å². The monoisotopic (exact) mass is 504 g/mol. The minimum atomic E-state index is -0.207. The summed E-state index contributed by atoms with van der Waals surface area (Å²) in [6, 6.07) is 34.6. The normalized spacial score (nSPS) is 11.1. The van der Waals surface area contributed by atoms with Crippen LogP contribution in [0, 0.1) is 0 Å². The summed E-state index contributed by atoms with van der Waals surface area (Å²) in [6.45, 7) is 0. The van der Waals surface area contributed by atoms with Gasteiger partial charge in [-0.25, -0.2) is 0 Å². The van der Waals surface area contributed by atoms with Crippen molar-refractivity contribution in [1.29, 1.82) is 0 Å². The fraction of sp³-hybridized carbons (Fsp3) is 0.0909. The van der Waals surface area contributed by atoms with E-state index in [0.717, 1.165) is 33.4 Å². The van der Waals surface area contributed by atoms with Gasteiger partial charge in [-0.15, -0.1) is 0 Å². The van der Waals surface area contributed by atoms with Crippen LogP contribution in [0.25, 0.3) is 0 Å². The SMILES string of the molecule is COc1cc(C(c2ccc(O)cc2)c2ccc(O)cc2)ccc1C(c1ccc(O)cc1)c1ccc(O)cc1. The minimum Gasteiger partial charge on any atom is -0.508 e. The molecule has 0 aromatic heterocycles. The largest absolute Gasteiger partial charge is 0.508 e. The van der Waals surface area contributed by atoms with E-state index in [1.807, 2.05) is 60.7 Å². The average Bonchev–Trinajstić information content (AvgIpc) is 2.93. The molecule has 0 aliphatic rings. The van der Waals surface area contributed by atoms with Crippen LogP contribution in [-0.2, 0) is 0 Å². The van der Waals surface area contributed by atoms with Crippen molar-refractivity contribution in [3.8, 4) is 28.7 Å². The van der Waals surface area contributed by atoms with Crippen molar-refractivity contribution in [3.63, 3.8) is 0 Å². The third-order valence-corrected chi connectivity index (χ3v) is 6.81. The second kappa shape index (κ2) is 10.6. The molecular formula is C33H28O5. The van der Waals surface area contributed by atoms with E-state index in [1.165, 1.54) is 0 Å². The van der Waals surface area contributed by atoms with Gasteiger partial charge in [0.25, 0.3) is 0 Å². The number of ether oxygens (including phenoxy) is 1. The number of hydrogen-bond acceptors (Lipinski definition) is 5. The standard InChI is InChI=1S/C33H28O5/c1-38-31-20-25(32(21-2-11-26(34)12-3-21)22-4-13-27(35)14-5-22)10-19-30(31)33(23-6-15-28(36)16-7-23)24-8-17-29(37)18-9-24/h2-20,32-37H,1H3. The molecule has 0 amide bonds. The molecule has 5 nitrogen and oxygen atoms in total. The Hall–Kier alpha value is -4.90. The van der Waals surface area contributed by atoms with E-state index >= 15 is 0 Å². The summed E-state index contributed by atoms with van der Waals surface area (Å²) in [7, 11) is 1.64. The van der Waals surface area contributed by atoms with Crippen LogP contribution in [-0.4, -0.2) is 27.5 Å². The Morgan fingerprint density at radius 2 is 0.737 bits per heavy atom. The van der Waals surface area contributed by atoms with Gasteiger partial charge in [-0.05, 0) is 82.4 Å². The van der Waals surface area contributed by atoms with Gasteiger partial charge in [0, 0.05) is 17.4 Å². The molecule has 0 atom stereocenters. The molecule has 5 rings (SSSR count). The smallest absolute Gasteiger partial charge is 0.123 e. The number of benzene rings is 5. The molecule has 0 aliphatic heterocycles. The van der Waals surface area contributed by atoms with Crippen LogP contribution in [0.3, 0.4) is 0 Å². The zero-order chi connectivity index (χ0) is 26.6. The molecule has 0 aliphatic carbocycles. The molecule has 5 heteroatoms. The van der Waals surface area contributed by atoms with Crippen LogP contribution >= 0.6 is 0 Å². The highest BCUT2D eigenvalue weighted by molar-refractivity contribution is 5.54. The first kappa shape index (κ1) is 24.8. The van der Waals surface area contributed by atoms with E-state index in [0.29, 0.717) is 5.75 Å². The maximum Gasteiger partial charge on any atom is 0.123 e. The number of aromatic hydroxyl groups is 4. The Kier molecular flexibility index (Phi) is 6.92.